The SMILES string of the molecule is CC(C)C[C@H](NC(=O)[C@@H](N)CO)C(=O)N[C@@H](CCC(=O)O)C(=O)N[C@@H](CC(N)=O)C(=O)O. The van der Waals surface area contributed by atoms with Gasteiger partial charge in [0.1, 0.15) is 24.2 Å². The van der Waals surface area contributed by atoms with Gasteiger partial charge in [-0.1, -0.05) is 13.8 Å². The molecule has 0 aromatic rings. The number of nitrogens with one attached hydrogen (secondary N) is 3. The summed E-state index contributed by atoms with van der Waals surface area (Å²) in [4.78, 5) is 70.4. The third-order valence-electron chi connectivity index (χ3n) is 4.17. The topological polar surface area (TPSA) is 251 Å². The number of primary amides is 1. The molecule has 0 heterocycles. The van der Waals surface area contributed by atoms with Gasteiger partial charge >= 0.3 is 11.9 Å². The Bertz CT molecular complexity index is 713. The maximum absolute atomic E-state index is 12.7. The van der Waals surface area contributed by atoms with Crippen LogP contribution in [-0.2, 0) is 28.8 Å². The van der Waals surface area contributed by atoms with Crippen LogP contribution in [0, 0.1) is 5.92 Å². The van der Waals surface area contributed by atoms with Gasteiger partial charge in [0.2, 0.25) is 23.6 Å². The molecule has 0 saturated carbocycles. The number of hydrogen-bond acceptors (Lipinski definition) is 8. The minimum atomic E-state index is -1.68. The Morgan fingerprint density at radius 1 is 0.844 bits per heavy atom. The monoisotopic (exact) mass is 461 g/mol. The normalized spacial score (nSPS) is 14.5. The molecule has 0 aliphatic carbocycles. The lowest BCUT2D eigenvalue weighted by Gasteiger charge is -2.25. The smallest absolute Gasteiger partial charge is 0.326 e. The molecular formula is C18H31N5O9. The van der Waals surface area contributed by atoms with E-state index in [1.165, 1.54) is 0 Å². The number of aliphatic carboxylic acids is 2. The van der Waals surface area contributed by atoms with Crippen molar-refractivity contribution in [2.24, 2.45) is 17.4 Å². The van der Waals surface area contributed by atoms with E-state index in [4.69, 9.17) is 26.8 Å². The highest BCUT2D eigenvalue weighted by atomic mass is 16.4. The van der Waals surface area contributed by atoms with Crippen molar-refractivity contribution in [1.82, 2.24) is 16.0 Å². The second kappa shape index (κ2) is 13.9. The molecule has 0 spiro atoms. The summed E-state index contributed by atoms with van der Waals surface area (Å²) in [7, 11) is 0. The second-order valence-electron chi connectivity index (χ2n) is 7.54. The van der Waals surface area contributed by atoms with Crippen molar-refractivity contribution in [3.8, 4) is 0 Å². The Balaban J connectivity index is 5.55. The number of aliphatic hydroxyl groups is 1. The summed E-state index contributed by atoms with van der Waals surface area (Å²) in [6, 6.07) is -5.61. The molecule has 0 aliphatic rings. The highest BCUT2D eigenvalue weighted by Crippen LogP contribution is 2.08. The number of aliphatic hydroxyl groups excluding tert-OH is 1. The van der Waals surface area contributed by atoms with Gasteiger partial charge in [0.15, 0.2) is 0 Å². The number of amides is 4. The molecule has 0 saturated heterocycles. The van der Waals surface area contributed by atoms with Crippen LogP contribution in [0.25, 0.3) is 0 Å². The molecule has 14 heteroatoms. The molecule has 0 aromatic heterocycles. The van der Waals surface area contributed by atoms with Crippen LogP contribution in [0.4, 0.5) is 0 Å². The van der Waals surface area contributed by atoms with Crippen LogP contribution in [0.5, 0.6) is 0 Å². The van der Waals surface area contributed by atoms with Crippen LogP contribution in [0.2, 0.25) is 0 Å². The molecule has 182 valence electrons. The van der Waals surface area contributed by atoms with E-state index in [1.54, 1.807) is 13.8 Å². The van der Waals surface area contributed by atoms with Gasteiger partial charge in [-0.15, -0.1) is 0 Å². The van der Waals surface area contributed by atoms with Crippen LogP contribution in [0.3, 0.4) is 0 Å². The Hall–Kier alpha value is -3.26. The number of carbonyl (C=O) groups is 6. The standard InChI is InChI=1S/C18H31N5O9/c1-8(2)5-11(22-15(28)9(19)7-24)17(30)21-10(3-4-14(26)27)16(29)23-12(18(31)32)6-13(20)25/h8-12,24H,3-7,19H2,1-2H3,(H2,20,25)(H,21,30)(H,22,28)(H,23,29)(H,26,27)(H,31,32)/t9-,10-,11-,12-/m0/s1. The van der Waals surface area contributed by atoms with Crippen LogP contribution >= 0.6 is 0 Å². The number of hydrogen-bond donors (Lipinski definition) is 8. The second-order valence-corrected chi connectivity index (χ2v) is 7.54. The third kappa shape index (κ3) is 11.2. The molecular weight excluding hydrogens is 430 g/mol. The molecule has 32 heavy (non-hydrogen) atoms. The van der Waals surface area contributed by atoms with Gasteiger partial charge in [0, 0.05) is 6.42 Å². The lowest BCUT2D eigenvalue weighted by atomic mass is 10.0. The number of carboxylic acids is 2. The van der Waals surface area contributed by atoms with Gasteiger partial charge < -0.3 is 42.7 Å². The van der Waals surface area contributed by atoms with Gasteiger partial charge in [0.05, 0.1) is 13.0 Å². The molecule has 0 rings (SSSR count). The Kier molecular flexibility index (Phi) is 12.5. The van der Waals surface area contributed by atoms with E-state index >= 15 is 0 Å². The summed E-state index contributed by atoms with van der Waals surface area (Å²) < 4.78 is 0. The fourth-order valence-electron chi connectivity index (χ4n) is 2.55. The molecule has 0 fully saturated rings. The molecule has 4 amide bonds. The summed E-state index contributed by atoms with van der Waals surface area (Å²) in [5, 5.41) is 33.7. The molecule has 0 unspecified atom stereocenters. The fraction of sp³-hybridized carbons (Fsp3) is 0.667. The zero-order chi connectivity index (χ0) is 25.0. The van der Waals surface area contributed by atoms with Crippen molar-refractivity contribution in [2.75, 3.05) is 6.61 Å². The average Bonchev–Trinajstić information content (AvgIpc) is 2.67. The largest absolute Gasteiger partial charge is 0.481 e. The summed E-state index contributed by atoms with van der Waals surface area (Å²) in [5.41, 5.74) is 10.4. The van der Waals surface area contributed by atoms with Crippen molar-refractivity contribution in [2.45, 2.75) is 63.7 Å². The molecule has 14 nitrogen and oxygen atoms in total. The van der Waals surface area contributed by atoms with Crippen molar-refractivity contribution in [3.05, 3.63) is 0 Å². The first-order chi connectivity index (χ1) is 14.8. The summed E-state index contributed by atoms with van der Waals surface area (Å²) in [5.74, 6) is -6.61. The van der Waals surface area contributed by atoms with E-state index in [0.717, 1.165) is 0 Å². The lowest BCUT2D eigenvalue weighted by molar-refractivity contribution is -0.144. The molecule has 10 N–H and O–H groups in total. The van der Waals surface area contributed by atoms with Crippen molar-refractivity contribution >= 4 is 35.6 Å². The molecule has 0 bridgehead atoms. The van der Waals surface area contributed by atoms with Gasteiger partial charge in [-0.2, -0.15) is 0 Å². The maximum Gasteiger partial charge on any atom is 0.326 e. The number of carbonyl (C=O) groups excluding carboxylic acids is 4. The minimum Gasteiger partial charge on any atom is -0.481 e. The van der Waals surface area contributed by atoms with Crippen molar-refractivity contribution < 1.29 is 44.1 Å². The molecule has 0 radical (unpaired) electrons. The van der Waals surface area contributed by atoms with Crippen molar-refractivity contribution in [1.29, 1.82) is 0 Å². The zero-order valence-electron chi connectivity index (χ0n) is 17.9. The number of nitrogens with two attached hydrogens (primary N) is 2. The summed E-state index contributed by atoms with van der Waals surface area (Å²) in [6.07, 6.45) is -1.52. The third-order valence-corrected chi connectivity index (χ3v) is 4.17. The Morgan fingerprint density at radius 2 is 1.34 bits per heavy atom. The van der Waals surface area contributed by atoms with Gasteiger partial charge in [0.25, 0.3) is 0 Å². The van der Waals surface area contributed by atoms with E-state index in [9.17, 15) is 28.8 Å². The molecule has 4 atom stereocenters. The predicted octanol–water partition coefficient (Wildman–Crippen LogP) is -3.37. The highest BCUT2D eigenvalue weighted by Gasteiger charge is 2.31. The maximum atomic E-state index is 12.7. The van der Waals surface area contributed by atoms with E-state index in [2.05, 4.69) is 10.6 Å². The molecule has 0 aromatic carbocycles. The van der Waals surface area contributed by atoms with E-state index in [0.29, 0.717) is 0 Å². The summed E-state index contributed by atoms with van der Waals surface area (Å²) in [6.45, 7) is 2.85. The summed E-state index contributed by atoms with van der Waals surface area (Å²) >= 11 is 0. The fourth-order valence-corrected chi connectivity index (χ4v) is 2.55. The first-order valence-electron chi connectivity index (χ1n) is 9.78. The van der Waals surface area contributed by atoms with Gasteiger partial charge in [-0.25, -0.2) is 4.79 Å². The van der Waals surface area contributed by atoms with Crippen LogP contribution < -0.4 is 27.4 Å². The zero-order valence-corrected chi connectivity index (χ0v) is 17.9. The lowest BCUT2D eigenvalue weighted by Crippen LogP contribution is -2.57. The number of rotatable bonds is 15. The molecule has 0 aliphatic heterocycles. The van der Waals surface area contributed by atoms with Crippen LogP contribution in [0.15, 0.2) is 0 Å². The van der Waals surface area contributed by atoms with Gasteiger partial charge in [-0.05, 0) is 18.8 Å². The quantitative estimate of drug-likeness (QED) is 0.120. The van der Waals surface area contributed by atoms with E-state index < -0.39 is 85.6 Å². The first-order valence-corrected chi connectivity index (χ1v) is 9.78. The first kappa shape index (κ1) is 28.7. The van der Waals surface area contributed by atoms with E-state index in [-0.39, 0.29) is 12.3 Å². The van der Waals surface area contributed by atoms with Crippen LogP contribution in [0.1, 0.15) is 39.5 Å². The highest BCUT2D eigenvalue weighted by molar-refractivity contribution is 5.95. The number of carboxylic acid groups (broad SMARTS) is 2. The predicted molar refractivity (Wildman–Crippen MR) is 109 cm³/mol. The Morgan fingerprint density at radius 3 is 1.78 bits per heavy atom. The van der Waals surface area contributed by atoms with E-state index in [1.807, 2.05) is 5.32 Å². The van der Waals surface area contributed by atoms with Gasteiger partial charge in [-0.3, -0.25) is 24.0 Å². The Labute approximate surface area is 184 Å². The average molecular weight is 461 g/mol. The minimum absolute atomic E-state index is 0.0883. The van der Waals surface area contributed by atoms with Crippen LogP contribution in [-0.4, -0.2) is 81.7 Å². The van der Waals surface area contributed by atoms with Crippen molar-refractivity contribution in [3.63, 3.8) is 0 Å².